The Hall–Kier alpha value is -2.03. The Balaban J connectivity index is 0.000000147. The zero-order chi connectivity index (χ0) is 14.4. The van der Waals surface area contributed by atoms with Crippen LogP contribution < -0.4 is 0 Å². The average Bonchev–Trinajstić information content (AvgIpc) is 2.88. The van der Waals surface area contributed by atoms with Gasteiger partial charge in [0.05, 0.1) is 12.2 Å². The molecule has 2 heterocycles. The number of pyridine rings is 1. The normalized spacial score (nSPS) is 14.1. The maximum absolute atomic E-state index is 4.18. The van der Waals surface area contributed by atoms with E-state index in [2.05, 4.69) is 53.9 Å². The van der Waals surface area contributed by atoms with Crippen molar-refractivity contribution in [3.05, 3.63) is 54.5 Å². The van der Waals surface area contributed by atoms with Gasteiger partial charge in [-0.1, -0.05) is 24.3 Å². The average molecular weight is 269 g/mol. The van der Waals surface area contributed by atoms with Gasteiger partial charge in [-0.25, -0.2) is 0 Å². The Morgan fingerprint density at radius 1 is 1.05 bits per heavy atom. The monoisotopic (exact) mass is 269 g/mol. The van der Waals surface area contributed by atoms with E-state index in [1.54, 1.807) is 0 Å². The minimum atomic E-state index is 1.06. The summed E-state index contributed by atoms with van der Waals surface area (Å²) in [7, 11) is 0. The summed E-state index contributed by atoms with van der Waals surface area (Å²) in [6.07, 6.45) is 4.03. The lowest BCUT2D eigenvalue weighted by molar-refractivity contribution is 0.272. The highest BCUT2D eigenvalue weighted by molar-refractivity contribution is 5.77. The van der Waals surface area contributed by atoms with Gasteiger partial charge in [0.2, 0.25) is 0 Å². The molecule has 0 saturated heterocycles. The molecule has 0 N–H and O–H groups in total. The number of para-hydroxylation sites is 1. The first-order valence-corrected chi connectivity index (χ1v) is 7.21. The molecule has 3 rings (SSSR count). The van der Waals surface area contributed by atoms with Gasteiger partial charge in [-0.2, -0.15) is 0 Å². The second-order valence-corrected chi connectivity index (χ2v) is 4.87. The van der Waals surface area contributed by atoms with Gasteiger partial charge in [-0.3, -0.25) is 4.98 Å². The number of hydrogen-bond acceptors (Lipinski definition) is 3. The second kappa shape index (κ2) is 6.94. The van der Waals surface area contributed by atoms with Crippen molar-refractivity contribution in [2.45, 2.75) is 20.8 Å². The largest absolute Gasteiger partial charge is 0.359 e. The molecule has 0 spiro atoms. The summed E-state index contributed by atoms with van der Waals surface area (Å²) in [6.45, 7) is 9.87. The van der Waals surface area contributed by atoms with Gasteiger partial charge in [0, 0.05) is 36.6 Å². The highest BCUT2D eigenvalue weighted by Crippen LogP contribution is 2.13. The molecule has 0 atom stereocenters. The summed E-state index contributed by atoms with van der Waals surface area (Å²) in [5, 5.41) is 1.20. The van der Waals surface area contributed by atoms with Crippen LogP contribution in [0.2, 0.25) is 0 Å². The van der Waals surface area contributed by atoms with E-state index >= 15 is 0 Å². The molecular formula is C17H23N3. The Morgan fingerprint density at radius 2 is 1.80 bits per heavy atom. The smallest absolute Gasteiger partial charge is 0.0895 e. The van der Waals surface area contributed by atoms with E-state index in [1.807, 2.05) is 30.5 Å². The molecule has 1 aromatic carbocycles. The van der Waals surface area contributed by atoms with E-state index in [0.717, 1.165) is 25.3 Å². The van der Waals surface area contributed by atoms with Crippen LogP contribution in [-0.2, 0) is 0 Å². The first kappa shape index (κ1) is 14.4. The third-order valence-electron chi connectivity index (χ3n) is 3.52. The van der Waals surface area contributed by atoms with Crippen LogP contribution in [0.4, 0.5) is 0 Å². The van der Waals surface area contributed by atoms with Crippen LogP contribution in [-0.4, -0.2) is 34.5 Å². The van der Waals surface area contributed by atoms with Crippen molar-refractivity contribution in [1.82, 2.24) is 14.8 Å². The van der Waals surface area contributed by atoms with Gasteiger partial charge in [0.15, 0.2) is 0 Å². The zero-order valence-electron chi connectivity index (χ0n) is 12.6. The van der Waals surface area contributed by atoms with Gasteiger partial charge in [-0.15, -0.1) is 0 Å². The van der Waals surface area contributed by atoms with E-state index < -0.39 is 0 Å². The van der Waals surface area contributed by atoms with Crippen molar-refractivity contribution in [2.24, 2.45) is 0 Å². The summed E-state index contributed by atoms with van der Waals surface area (Å²) in [6, 6.07) is 12.1. The quantitative estimate of drug-likeness (QED) is 0.828. The molecule has 2 aromatic rings. The lowest BCUT2D eigenvalue weighted by atomic mass is 10.2. The van der Waals surface area contributed by atoms with Crippen LogP contribution in [0.5, 0.6) is 0 Å². The number of fused-ring (bicyclic) bond motifs is 1. The van der Waals surface area contributed by atoms with E-state index in [-0.39, 0.29) is 0 Å². The Labute approximate surface area is 121 Å². The van der Waals surface area contributed by atoms with Crippen LogP contribution >= 0.6 is 0 Å². The second-order valence-electron chi connectivity index (χ2n) is 4.87. The maximum atomic E-state index is 4.18. The molecule has 1 aliphatic heterocycles. The molecule has 3 nitrogen and oxygen atoms in total. The number of rotatable bonds is 2. The summed E-state index contributed by atoms with van der Waals surface area (Å²) < 4.78 is 0. The summed E-state index contributed by atoms with van der Waals surface area (Å²) in [5.74, 6) is 0. The van der Waals surface area contributed by atoms with Gasteiger partial charge in [0.25, 0.3) is 0 Å². The molecule has 20 heavy (non-hydrogen) atoms. The lowest BCUT2D eigenvalue weighted by Gasteiger charge is -2.19. The molecule has 0 fully saturated rings. The molecule has 1 aliphatic rings. The lowest BCUT2D eigenvalue weighted by Crippen LogP contribution is -2.25. The van der Waals surface area contributed by atoms with Crippen molar-refractivity contribution < 1.29 is 0 Å². The highest BCUT2D eigenvalue weighted by atomic mass is 15.3. The molecule has 0 unspecified atom stereocenters. The Bertz CT molecular complexity index is 512. The van der Waals surface area contributed by atoms with Crippen LogP contribution in [0.3, 0.4) is 0 Å². The number of aromatic nitrogens is 1. The van der Waals surface area contributed by atoms with Crippen LogP contribution in [0.1, 0.15) is 20.8 Å². The van der Waals surface area contributed by atoms with Crippen LogP contribution in [0.15, 0.2) is 54.5 Å². The molecule has 0 aliphatic carbocycles. The molecule has 1 aromatic heterocycles. The van der Waals surface area contributed by atoms with Crippen molar-refractivity contribution >= 4 is 10.9 Å². The highest BCUT2D eigenvalue weighted by Gasteiger charge is 2.13. The molecule has 0 bridgehead atoms. The summed E-state index contributed by atoms with van der Waals surface area (Å²) >= 11 is 0. The minimum absolute atomic E-state index is 1.06. The third-order valence-corrected chi connectivity index (χ3v) is 3.52. The van der Waals surface area contributed by atoms with Crippen molar-refractivity contribution in [1.29, 1.82) is 0 Å². The fourth-order valence-electron chi connectivity index (χ4n) is 2.27. The maximum Gasteiger partial charge on any atom is 0.0895 e. The van der Waals surface area contributed by atoms with E-state index in [1.165, 1.54) is 11.1 Å². The van der Waals surface area contributed by atoms with Crippen molar-refractivity contribution in [2.75, 3.05) is 19.8 Å². The zero-order valence-corrected chi connectivity index (χ0v) is 12.6. The third kappa shape index (κ3) is 3.50. The van der Waals surface area contributed by atoms with Gasteiger partial charge < -0.3 is 9.80 Å². The van der Waals surface area contributed by atoms with E-state index in [0.29, 0.717) is 0 Å². The first-order chi connectivity index (χ1) is 9.74. The minimum Gasteiger partial charge on any atom is -0.359 e. The van der Waals surface area contributed by atoms with Crippen LogP contribution in [0, 0.1) is 0 Å². The number of allylic oxidation sites excluding steroid dienone is 1. The van der Waals surface area contributed by atoms with E-state index in [4.69, 9.17) is 0 Å². The molecule has 3 heteroatoms. The molecule has 0 radical (unpaired) electrons. The number of nitrogens with zero attached hydrogens (tertiary/aromatic N) is 3. The van der Waals surface area contributed by atoms with Crippen molar-refractivity contribution in [3.63, 3.8) is 0 Å². The van der Waals surface area contributed by atoms with Gasteiger partial charge >= 0.3 is 0 Å². The van der Waals surface area contributed by atoms with Crippen LogP contribution in [0.25, 0.3) is 10.9 Å². The Kier molecular flexibility index (Phi) is 4.99. The summed E-state index contributed by atoms with van der Waals surface area (Å²) in [5.41, 5.74) is 2.45. The SMILES string of the molecule is CCN1C=C(C)N(CC)C1.c1ccc2ncccc2c1. The first-order valence-electron chi connectivity index (χ1n) is 7.21. The predicted octanol–water partition coefficient (Wildman–Crippen LogP) is 3.70. The Morgan fingerprint density at radius 3 is 2.40 bits per heavy atom. The molecule has 0 amide bonds. The predicted molar refractivity (Wildman–Crippen MR) is 85.1 cm³/mol. The molecular weight excluding hydrogens is 246 g/mol. The van der Waals surface area contributed by atoms with Crippen molar-refractivity contribution in [3.8, 4) is 0 Å². The fourth-order valence-corrected chi connectivity index (χ4v) is 2.27. The standard InChI is InChI=1S/C9H7N.C8H16N2/c1-2-6-9-8(4-1)5-3-7-10-9;1-4-9-6-8(3)10(5-2)7-9/h1-7H;6H,4-5,7H2,1-3H3. The number of benzene rings is 1. The van der Waals surface area contributed by atoms with Gasteiger partial charge in [0.1, 0.15) is 0 Å². The fraction of sp³-hybridized carbons (Fsp3) is 0.353. The topological polar surface area (TPSA) is 19.4 Å². The molecule has 106 valence electrons. The van der Waals surface area contributed by atoms with E-state index in [9.17, 15) is 0 Å². The number of hydrogen-bond donors (Lipinski definition) is 0. The molecule has 0 saturated carbocycles. The summed E-state index contributed by atoms with van der Waals surface area (Å²) in [4.78, 5) is 8.86. The van der Waals surface area contributed by atoms with Gasteiger partial charge in [-0.05, 0) is 32.9 Å².